The van der Waals surface area contributed by atoms with Crippen molar-refractivity contribution in [3.8, 4) is 0 Å². The predicted molar refractivity (Wildman–Crippen MR) is 73.2 cm³/mol. The van der Waals surface area contributed by atoms with E-state index in [1.165, 1.54) is 0 Å². The summed E-state index contributed by atoms with van der Waals surface area (Å²) in [6, 6.07) is 0. The van der Waals surface area contributed by atoms with Crippen LogP contribution in [0.3, 0.4) is 0 Å². The Bertz CT molecular complexity index is 258. The Morgan fingerprint density at radius 2 is 2.12 bits per heavy atom. The van der Waals surface area contributed by atoms with Crippen molar-refractivity contribution < 1.29 is 0 Å². The molecule has 3 atom stereocenters. The summed E-state index contributed by atoms with van der Waals surface area (Å²) in [4.78, 5) is 10.5. The van der Waals surface area contributed by atoms with Gasteiger partial charge in [0.05, 0.1) is 14.4 Å². The van der Waals surface area contributed by atoms with E-state index in [1.54, 1.807) is 0 Å². The molecule has 3 unspecified atom stereocenters. The normalized spacial score (nSPS) is 40.1. The molecule has 0 bridgehead atoms. The Kier molecular flexibility index (Phi) is 5.17. The van der Waals surface area contributed by atoms with Gasteiger partial charge in [-0.05, 0) is 31.0 Å². The Morgan fingerprint density at radius 1 is 1.41 bits per heavy atom. The molecule has 0 heterocycles. The number of nitroso groups, excluding NO2 is 1. The van der Waals surface area contributed by atoms with E-state index in [2.05, 4.69) is 19.0 Å². The summed E-state index contributed by atoms with van der Waals surface area (Å²) in [5.74, 6) is 0.623. The molecule has 1 fully saturated rings. The second kappa shape index (κ2) is 5.99. The molecule has 0 aliphatic heterocycles. The van der Waals surface area contributed by atoms with Crippen LogP contribution in [-0.2, 0) is 0 Å². The maximum Gasteiger partial charge on any atom is 0.0788 e. The van der Waals surface area contributed by atoms with Crippen molar-refractivity contribution in [3.63, 3.8) is 0 Å². The molecule has 0 amide bonds. The maximum absolute atomic E-state index is 10.5. The van der Waals surface area contributed by atoms with E-state index < -0.39 is 5.31 Å². The summed E-state index contributed by atoms with van der Waals surface area (Å²) in [5.41, 5.74) is 6.24. The molecule has 1 aliphatic carbocycles. The largest absolute Gasteiger partial charge is 0.325 e. The summed E-state index contributed by atoms with van der Waals surface area (Å²) in [6.45, 7) is 4.58. The van der Waals surface area contributed by atoms with Crippen LogP contribution in [0, 0.1) is 10.8 Å². The Balaban J connectivity index is 2.71. The van der Waals surface area contributed by atoms with Gasteiger partial charge in [-0.15, -0.1) is 0 Å². The number of rotatable bonds is 3. The third-order valence-electron chi connectivity index (χ3n) is 4.18. The van der Waals surface area contributed by atoms with Gasteiger partial charge < -0.3 is 5.73 Å². The van der Waals surface area contributed by atoms with Crippen LogP contribution in [0.2, 0.25) is 5.31 Å². The summed E-state index contributed by atoms with van der Waals surface area (Å²) < 4.78 is 0. The topological polar surface area (TPSA) is 55.5 Å². The number of nitrogens with zero attached hydrogens (tertiary/aromatic N) is 1. The average molecular weight is 236 g/mol. The third kappa shape index (κ3) is 4.78. The Hall–Kier alpha value is -0.375. The lowest BCUT2D eigenvalue weighted by Gasteiger charge is -2.28. The smallest absolute Gasteiger partial charge is 0.0788 e. The second-order valence-electron chi connectivity index (χ2n) is 6.17. The predicted octanol–water partition coefficient (Wildman–Crippen LogP) is 3.18. The minimum atomic E-state index is -0.393. The Morgan fingerprint density at radius 3 is 2.71 bits per heavy atom. The number of hydrogen-bond acceptors (Lipinski definition) is 3. The van der Waals surface area contributed by atoms with Crippen molar-refractivity contribution in [1.29, 1.82) is 0 Å². The highest BCUT2D eigenvalue weighted by molar-refractivity contribution is 6.15. The van der Waals surface area contributed by atoms with Crippen LogP contribution in [0.25, 0.3) is 0 Å². The molecule has 0 saturated heterocycles. The van der Waals surface area contributed by atoms with E-state index in [0.29, 0.717) is 5.92 Å². The van der Waals surface area contributed by atoms with Crippen molar-refractivity contribution in [2.24, 2.45) is 16.8 Å². The van der Waals surface area contributed by atoms with Crippen LogP contribution in [0.5, 0.6) is 0 Å². The zero-order valence-corrected chi connectivity index (χ0v) is 11.2. The van der Waals surface area contributed by atoms with Gasteiger partial charge in [-0.3, -0.25) is 0 Å². The van der Waals surface area contributed by atoms with Crippen LogP contribution < -0.4 is 5.73 Å². The molecule has 1 aliphatic rings. The first-order chi connectivity index (χ1) is 7.91. The Labute approximate surface area is 106 Å². The standard InChI is InChI=1S/C13H25BN2O/c1-3-11-5-8-13(14,10-16-17)7-4-6-12(2,15)9-11/h11H,3-10,15H2,1-2H3. The van der Waals surface area contributed by atoms with Gasteiger partial charge in [0, 0.05) is 5.54 Å². The van der Waals surface area contributed by atoms with Crippen LogP contribution in [0.1, 0.15) is 58.8 Å². The molecule has 2 radical (unpaired) electrons. The van der Waals surface area contributed by atoms with Gasteiger partial charge in [-0.1, -0.05) is 44.2 Å². The van der Waals surface area contributed by atoms with Crippen LogP contribution in [0.4, 0.5) is 0 Å². The van der Waals surface area contributed by atoms with E-state index in [-0.39, 0.29) is 12.1 Å². The first kappa shape index (κ1) is 14.7. The molecular formula is C13H25BN2O. The molecule has 1 saturated carbocycles. The highest BCUT2D eigenvalue weighted by atomic mass is 16.3. The molecule has 3 nitrogen and oxygen atoms in total. The van der Waals surface area contributed by atoms with Crippen molar-refractivity contribution in [3.05, 3.63) is 4.91 Å². The summed E-state index contributed by atoms with van der Waals surface area (Å²) >= 11 is 0. The highest BCUT2D eigenvalue weighted by Crippen LogP contribution is 2.40. The van der Waals surface area contributed by atoms with E-state index >= 15 is 0 Å². The maximum atomic E-state index is 10.5. The SMILES string of the molecule is [B]C1(CN=O)CCCC(C)(N)CC(CC)CC1. The fourth-order valence-electron chi connectivity index (χ4n) is 2.96. The first-order valence-electron chi connectivity index (χ1n) is 6.78. The van der Waals surface area contributed by atoms with Crippen LogP contribution >= 0.6 is 0 Å². The van der Waals surface area contributed by atoms with E-state index in [1.807, 2.05) is 0 Å². The number of hydrogen-bond donors (Lipinski definition) is 1. The van der Waals surface area contributed by atoms with E-state index in [0.717, 1.165) is 44.9 Å². The van der Waals surface area contributed by atoms with Gasteiger partial charge in [-0.2, -0.15) is 4.91 Å². The molecule has 0 aromatic heterocycles. The third-order valence-corrected chi connectivity index (χ3v) is 4.18. The lowest BCUT2D eigenvalue weighted by Crippen LogP contribution is -2.37. The van der Waals surface area contributed by atoms with Gasteiger partial charge in [0.2, 0.25) is 0 Å². The fraction of sp³-hybridized carbons (Fsp3) is 1.00. The van der Waals surface area contributed by atoms with Gasteiger partial charge in [0.25, 0.3) is 0 Å². The molecule has 4 heteroatoms. The van der Waals surface area contributed by atoms with E-state index in [9.17, 15) is 4.91 Å². The molecule has 17 heavy (non-hydrogen) atoms. The minimum Gasteiger partial charge on any atom is -0.325 e. The second-order valence-corrected chi connectivity index (χ2v) is 6.17. The zero-order valence-electron chi connectivity index (χ0n) is 11.2. The molecule has 0 spiro atoms. The lowest BCUT2D eigenvalue weighted by molar-refractivity contribution is 0.303. The van der Waals surface area contributed by atoms with Crippen LogP contribution in [-0.4, -0.2) is 19.9 Å². The summed E-state index contributed by atoms with van der Waals surface area (Å²) in [7, 11) is 6.28. The molecule has 0 aromatic carbocycles. The summed E-state index contributed by atoms with van der Waals surface area (Å²) in [6.07, 6.45) is 7.01. The lowest BCUT2D eigenvalue weighted by atomic mass is 9.62. The monoisotopic (exact) mass is 236 g/mol. The summed E-state index contributed by atoms with van der Waals surface area (Å²) in [5, 5.41) is 2.62. The van der Waals surface area contributed by atoms with Gasteiger partial charge in [0.15, 0.2) is 0 Å². The van der Waals surface area contributed by atoms with Crippen molar-refractivity contribution in [2.75, 3.05) is 6.54 Å². The molecule has 2 N–H and O–H groups in total. The molecule has 96 valence electrons. The van der Waals surface area contributed by atoms with Crippen LogP contribution in [0.15, 0.2) is 5.18 Å². The zero-order chi connectivity index (χ0) is 12.9. The van der Waals surface area contributed by atoms with Gasteiger partial charge in [-0.25, -0.2) is 0 Å². The first-order valence-corrected chi connectivity index (χ1v) is 6.78. The van der Waals surface area contributed by atoms with Gasteiger partial charge >= 0.3 is 0 Å². The van der Waals surface area contributed by atoms with E-state index in [4.69, 9.17) is 13.6 Å². The number of nitrogens with two attached hydrogens (primary N) is 1. The molecule has 0 aromatic rings. The van der Waals surface area contributed by atoms with Crippen molar-refractivity contribution in [1.82, 2.24) is 0 Å². The quantitative estimate of drug-likeness (QED) is 0.604. The molecule has 1 rings (SSSR count). The fourth-order valence-corrected chi connectivity index (χ4v) is 2.96. The van der Waals surface area contributed by atoms with Crippen molar-refractivity contribution >= 4 is 7.85 Å². The highest BCUT2D eigenvalue weighted by Gasteiger charge is 2.31. The molecular weight excluding hydrogens is 211 g/mol. The minimum absolute atomic E-state index is 0.0828. The van der Waals surface area contributed by atoms with Gasteiger partial charge in [0.1, 0.15) is 0 Å². The average Bonchev–Trinajstić information content (AvgIpc) is 2.28. The van der Waals surface area contributed by atoms with Crippen molar-refractivity contribution in [2.45, 2.75) is 69.6 Å².